The van der Waals surface area contributed by atoms with Crippen LogP contribution in [0.1, 0.15) is 49.1 Å². The molecular weight excluding hydrogens is 269 g/mol. The topological polar surface area (TPSA) is 12.0 Å². The van der Waals surface area contributed by atoms with E-state index in [0.29, 0.717) is 0 Å². The van der Waals surface area contributed by atoms with E-state index in [4.69, 9.17) is 0 Å². The number of nitrogens with one attached hydrogen (secondary N) is 1. The zero-order valence-corrected chi connectivity index (χ0v) is 13.4. The van der Waals surface area contributed by atoms with Gasteiger partial charge in [-0.05, 0) is 41.8 Å². The van der Waals surface area contributed by atoms with Gasteiger partial charge >= 0.3 is 0 Å². The minimum absolute atomic E-state index is 0.0665. The highest BCUT2D eigenvalue weighted by atomic mass is 32.1. The van der Waals surface area contributed by atoms with Crippen molar-refractivity contribution in [3.63, 3.8) is 0 Å². The molecule has 1 aromatic carbocycles. The molecule has 0 spiro atoms. The largest absolute Gasteiger partial charge is 0.306 e. The van der Waals surface area contributed by atoms with Crippen LogP contribution in [0.25, 0.3) is 0 Å². The van der Waals surface area contributed by atoms with Crippen LogP contribution in [0.2, 0.25) is 0 Å². The molecule has 0 radical (unpaired) electrons. The number of hydrogen-bond acceptors (Lipinski definition) is 2. The summed E-state index contributed by atoms with van der Waals surface area (Å²) in [4.78, 5) is 2.59. The Morgan fingerprint density at radius 2 is 1.95 bits per heavy atom. The van der Waals surface area contributed by atoms with Gasteiger partial charge in [0.05, 0.1) is 6.04 Å². The summed E-state index contributed by atoms with van der Waals surface area (Å²) in [6.45, 7) is 9.57. The molecule has 0 aliphatic rings. The van der Waals surface area contributed by atoms with Crippen molar-refractivity contribution in [2.75, 3.05) is 6.54 Å². The number of hydrogen-bond donors (Lipinski definition) is 1. The maximum atomic E-state index is 13.5. The first-order chi connectivity index (χ1) is 9.41. The van der Waals surface area contributed by atoms with E-state index in [-0.39, 0.29) is 17.3 Å². The van der Waals surface area contributed by atoms with Crippen LogP contribution < -0.4 is 5.32 Å². The fraction of sp³-hybridized carbons (Fsp3) is 0.412. The molecule has 0 fully saturated rings. The molecule has 0 saturated heterocycles. The second kappa shape index (κ2) is 6.06. The second-order valence-corrected chi connectivity index (χ2v) is 7.11. The van der Waals surface area contributed by atoms with Crippen LogP contribution in [-0.4, -0.2) is 6.54 Å². The summed E-state index contributed by atoms with van der Waals surface area (Å²) in [5.74, 6) is -0.182. The van der Waals surface area contributed by atoms with Gasteiger partial charge in [-0.25, -0.2) is 4.39 Å². The van der Waals surface area contributed by atoms with Gasteiger partial charge in [0.15, 0.2) is 0 Å². The monoisotopic (exact) mass is 291 g/mol. The fourth-order valence-electron chi connectivity index (χ4n) is 2.18. The lowest BCUT2D eigenvalue weighted by molar-refractivity contribution is 0.603. The smallest absolute Gasteiger partial charge is 0.123 e. The van der Waals surface area contributed by atoms with E-state index in [1.54, 1.807) is 23.5 Å². The molecule has 1 unspecified atom stereocenters. The van der Waals surface area contributed by atoms with E-state index in [0.717, 1.165) is 12.1 Å². The van der Waals surface area contributed by atoms with Gasteiger partial charge in [0.25, 0.3) is 0 Å². The lowest BCUT2D eigenvalue weighted by Gasteiger charge is -2.18. The van der Waals surface area contributed by atoms with Gasteiger partial charge in [0.1, 0.15) is 5.82 Å². The van der Waals surface area contributed by atoms with Crippen LogP contribution in [0.4, 0.5) is 4.39 Å². The first-order valence-electron chi connectivity index (χ1n) is 7.01. The average Bonchev–Trinajstić information content (AvgIpc) is 2.85. The first kappa shape index (κ1) is 15.2. The highest BCUT2D eigenvalue weighted by Crippen LogP contribution is 2.34. The van der Waals surface area contributed by atoms with Crippen molar-refractivity contribution in [2.24, 2.45) is 0 Å². The van der Waals surface area contributed by atoms with Crippen molar-refractivity contribution >= 4 is 11.3 Å². The predicted molar refractivity (Wildman–Crippen MR) is 84.9 cm³/mol. The molecule has 3 heteroatoms. The molecule has 1 aromatic heterocycles. The summed E-state index contributed by atoms with van der Waals surface area (Å²) in [6.07, 6.45) is 0. The van der Waals surface area contributed by atoms with E-state index in [9.17, 15) is 4.39 Å². The van der Waals surface area contributed by atoms with Crippen LogP contribution in [0.3, 0.4) is 0 Å². The van der Waals surface area contributed by atoms with E-state index in [2.05, 4.69) is 45.1 Å². The SMILES string of the molecule is CCNC(c1cccc(F)c1)c1ccc(C(C)(C)C)s1. The molecule has 1 nitrogen and oxygen atoms in total. The molecule has 2 aromatic rings. The number of thiophene rings is 1. The van der Waals surface area contributed by atoms with Gasteiger partial charge in [0, 0.05) is 9.75 Å². The van der Waals surface area contributed by atoms with Crippen LogP contribution in [0, 0.1) is 5.82 Å². The third-order valence-corrected chi connectivity index (χ3v) is 4.82. The van der Waals surface area contributed by atoms with Crippen LogP contribution in [0.15, 0.2) is 36.4 Å². The molecule has 108 valence electrons. The third-order valence-electron chi connectivity index (χ3n) is 3.24. The maximum Gasteiger partial charge on any atom is 0.123 e. The minimum atomic E-state index is -0.182. The number of benzene rings is 1. The fourth-order valence-corrected chi connectivity index (χ4v) is 3.35. The van der Waals surface area contributed by atoms with Crippen LogP contribution in [0.5, 0.6) is 0 Å². The second-order valence-electron chi connectivity index (χ2n) is 6.00. The number of rotatable bonds is 4. The lowest BCUT2D eigenvalue weighted by Crippen LogP contribution is -2.21. The first-order valence-corrected chi connectivity index (χ1v) is 7.82. The van der Waals surface area contributed by atoms with Crippen molar-refractivity contribution in [1.82, 2.24) is 5.32 Å². The standard InChI is InChI=1S/C17H22FNS/c1-5-19-16(12-7-6-8-13(18)11-12)14-9-10-15(20-14)17(2,3)4/h6-11,16,19H,5H2,1-4H3. The Balaban J connectivity index is 2.36. The molecule has 0 saturated carbocycles. The Kier molecular flexibility index (Phi) is 4.61. The summed E-state index contributed by atoms with van der Waals surface area (Å²) < 4.78 is 13.5. The lowest BCUT2D eigenvalue weighted by atomic mass is 9.95. The average molecular weight is 291 g/mol. The summed E-state index contributed by atoms with van der Waals surface area (Å²) in [5, 5.41) is 3.45. The van der Waals surface area contributed by atoms with E-state index in [1.165, 1.54) is 15.8 Å². The molecule has 0 bridgehead atoms. The molecule has 0 aliphatic carbocycles. The highest BCUT2D eigenvalue weighted by Gasteiger charge is 2.20. The molecule has 1 atom stereocenters. The van der Waals surface area contributed by atoms with Crippen LogP contribution >= 0.6 is 11.3 Å². The maximum absolute atomic E-state index is 13.5. The Labute approximate surface area is 124 Å². The Morgan fingerprint density at radius 3 is 2.50 bits per heavy atom. The molecule has 2 rings (SSSR count). The third kappa shape index (κ3) is 3.47. The van der Waals surface area contributed by atoms with Crippen molar-refractivity contribution in [3.05, 3.63) is 57.5 Å². The van der Waals surface area contributed by atoms with E-state index in [1.807, 2.05) is 6.07 Å². The van der Waals surface area contributed by atoms with Crippen molar-refractivity contribution < 1.29 is 4.39 Å². The molecule has 0 aliphatic heterocycles. The normalized spacial score (nSPS) is 13.4. The summed E-state index contributed by atoms with van der Waals surface area (Å²) in [5.41, 5.74) is 1.14. The van der Waals surface area contributed by atoms with E-state index >= 15 is 0 Å². The van der Waals surface area contributed by atoms with Crippen molar-refractivity contribution in [2.45, 2.75) is 39.2 Å². The summed E-state index contributed by atoms with van der Waals surface area (Å²) in [7, 11) is 0. The van der Waals surface area contributed by atoms with Gasteiger partial charge in [-0.15, -0.1) is 11.3 Å². The summed E-state index contributed by atoms with van der Waals surface area (Å²) in [6, 6.07) is 11.3. The molecule has 1 heterocycles. The highest BCUT2D eigenvalue weighted by molar-refractivity contribution is 7.12. The molecule has 20 heavy (non-hydrogen) atoms. The van der Waals surface area contributed by atoms with E-state index < -0.39 is 0 Å². The van der Waals surface area contributed by atoms with Gasteiger partial charge in [-0.3, -0.25) is 0 Å². The summed E-state index contributed by atoms with van der Waals surface area (Å²) >= 11 is 1.80. The van der Waals surface area contributed by atoms with Gasteiger partial charge < -0.3 is 5.32 Å². The zero-order chi connectivity index (χ0) is 14.8. The molecule has 1 N–H and O–H groups in total. The van der Waals surface area contributed by atoms with Crippen molar-refractivity contribution in [1.29, 1.82) is 0 Å². The zero-order valence-electron chi connectivity index (χ0n) is 12.5. The van der Waals surface area contributed by atoms with Gasteiger partial charge in [-0.1, -0.05) is 39.8 Å². The van der Waals surface area contributed by atoms with Crippen molar-refractivity contribution in [3.8, 4) is 0 Å². The predicted octanol–water partition coefficient (Wildman–Crippen LogP) is 4.88. The number of halogens is 1. The Hall–Kier alpha value is -1.19. The van der Waals surface area contributed by atoms with Gasteiger partial charge in [0.2, 0.25) is 0 Å². The van der Waals surface area contributed by atoms with Gasteiger partial charge in [-0.2, -0.15) is 0 Å². The quantitative estimate of drug-likeness (QED) is 0.846. The molecule has 0 amide bonds. The minimum Gasteiger partial charge on any atom is -0.306 e. The van der Waals surface area contributed by atoms with Crippen LogP contribution in [-0.2, 0) is 5.41 Å². The Morgan fingerprint density at radius 1 is 1.20 bits per heavy atom. The molecular formula is C17H22FNS. The Bertz CT molecular complexity index is 568.